The third-order valence-corrected chi connectivity index (χ3v) is 0.984. The summed E-state index contributed by atoms with van der Waals surface area (Å²) in [6, 6.07) is 0. The molecule has 0 spiro atoms. The summed E-state index contributed by atoms with van der Waals surface area (Å²) in [4.78, 5) is 10.2. The Kier molecular flexibility index (Phi) is 1.27. The van der Waals surface area contributed by atoms with Crippen LogP contribution in [0.15, 0.2) is 12.2 Å². The second-order valence-corrected chi connectivity index (χ2v) is 1.76. The molecule has 0 fully saturated rings. The molecule has 0 aliphatic carbocycles. The third kappa shape index (κ3) is 1.09. The Morgan fingerprint density at radius 2 is 2.44 bits per heavy atom. The van der Waals surface area contributed by atoms with E-state index in [0.717, 1.165) is 12.2 Å². The number of hydrogen-bond donors (Lipinski definition) is 2. The van der Waals surface area contributed by atoms with Gasteiger partial charge in [-0.15, -0.1) is 0 Å². The molecule has 1 aliphatic heterocycles. The quantitative estimate of drug-likeness (QED) is 0.436. The summed E-state index contributed by atoms with van der Waals surface area (Å²) in [6.45, 7) is -0.602. The van der Waals surface area contributed by atoms with Crippen LogP contribution >= 0.6 is 0 Å². The summed E-state index contributed by atoms with van der Waals surface area (Å²) < 4.78 is 4.25. The monoisotopic (exact) mass is 130 g/mol. The number of ether oxygens (including phenoxy) is 1. The molecule has 50 valence electrons. The molecule has 2 N–H and O–H groups in total. The average Bonchev–Trinajstić information content (AvgIpc) is 2.13. The molecule has 4 heteroatoms. The molecule has 1 unspecified atom stereocenters. The maximum absolute atomic E-state index is 10.2. The summed E-state index contributed by atoms with van der Waals surface area (Å²) in [7, 11) is 0. The first kappa shape index (κ1) is 6.25. The van der Waals surface area contributed by atoms with Crippen molar-refractivity contribution in [2.24, 2.45) is 0 Å². The molecule has 0 bridgehead atoms. The number of cyclic esters (lactones) is 1. The van der Waals surface area contributed by atoms with Gasteiger partial charge in [-0.2, -0.15) is 0 Å². The molecule has 0 aromatic carbocycles. The minimum absolute atomic E-state index is 0.602. The van der Waals surface area contributed by atoms with Crippen LogP contribution in [0.25, 0.3) is 0 Å². The van der Waals surface area contributed by atoms with E-state index in [2.05, 4.69) is 4.74 Å². The molecule has 9 heavy (non-hydrogen) atoms. The van der Waals surface area contributed by atoms with E-state index < -0.39 is 18.4 Å². The summed E-state index contributed by atoms with van der Waals surface area (Å²) in [5, 5.41) is 17.3. The van der Waals surface area contributed by atoms with Gasteiger partial charge in [-0.05, 0) is 6.08 Å². The van der Waals surface area contributed by atoms with Gasteiger partial charge in [-0.1, -0.05) is 0 Å². The van der Waals surface area contributed by atoms with E-state index in [1.807, 2.05) is 0 Å². The molecule has 1 atom stereocenters. The summed E-state index contributed by atoms with van der Waals surface area (Å²) in [5.74, 6) is -2.40. The first-order valence-corrected chi connectivity index (χ1v) is 2.42. The van der Waals surface area contributed by atoms with Crippen LogP contribution in [0.3, 0.4) is 0 Å². The molecule has 0 saturated heterocycles. The normalized spacial score (nSPS) is 32.9. The van der Waals surface area contributed by atoms with Crippen molar-refractivity contribution < 1.29 is 19.7 Å². The van der Waals surface area contributed by atoms with Crippen molar-refractivity contribution >= 4 is 5.97 Å². The second kappa shape index (κ2) is 1.82. The predicted octanol–water partition coefficient (Wildman–Crippen LogP) is -1.22. The van der Waals surface area contributed by atoms with E-state index in [1.165, 1.54) is 0 Å². The molecule has 1 rings (SSSR count). The van der Waals surface area contributed by atoms with Gasteiger partial charge in [0.1, 0.15) is 6.61 Å². The molecular formula is C5H6O4. The van der Waals surface area contributed by atoms with Crippen LogP contribution < -0.4 is 0 Å². The Labute approximate surface area is 51.4 Å². The van der Waals surface area contributed by atoms with Gasteiger partial charge in [0.25, 0.3) is 5.79 Å². The number of aliphatic hydroxyl groups is 2. The highest BCUT2D eigenvalue weighted by molar-refractivity contribution is 5.84. The molecule has 0 radical (unpaired) electrons. The van der Waals surface area contributed by atoms with E-state index in [1.54, 1.807) is 0 Å². The molecular weight excluding hydrogens is 124 g/mol. The fourth-order valence-electron chi connectivity index (χ4n) is 0.525. The summed E-state index contributed by atoms with van der Waals surface area (Å²) in [5.41, 5.74) is 0. The molecule has 1 aliphatic rings. The van der Waals surface area contributed by atoms with Crippen LogP contribution in [0.1, 0.15) is 0 Å². The van der Waals surface area contributed by atoms with E-state index in [9.17, 15) is 4.79 Å². The minimum atomic E-state index is -1.77. The zero-order chi connectivity index (χ0) is 6.91. The van der Waals surface area contributed by atoms with Crippen molar-refractivity contribution in [3.63, 3.8) is 0 Å². The van der Waals surface area contributed by atoms with Crippen LogP contribution in [0.5, 0.6) is 0 Å². The molecule has 0 amide bonds. The van der Waals surface area contributed by atoms with Gasteiger partial charge in [0.05, 0.1) is 0 Å². The maximum Gasteiger partial charge on any atom is 0.333 e. The van der Waals surface area contributed by atoms with Gasteiger partial charge >= 0.3 is 5.97 Å². The van der Waals surface area contributed by atoms with Crippen LogP contribution in [0, 0.1) is 0 Å². The van der Waals surface area contributed by atoms with Gasteiger partial charge in [0.2, 0.25) is 0 Å². The SMILES string of the molecule is O=C1C=CC(O)(CO)O1. The zero-order valence-corrected chi connectivity index (χ0v) is 4.57. The van der Waals surface area contributed by atoms with Crippen LogP contribution in [-0.4, -0.2) is 28.6 Å². The lowest BCUT2D eigenvalue weighted by Crippen LogP contribution is -2.31. The lowest BCUT2D eigenvalue weighted by Gasteiger charge is -2.15. The highest BCUT2D eigenvalue weighted by atomic mass is 16.7. The van der Waals surface area contributed by atoms with E-state index in [0.29, 0.717) is 0 Å². The number of rotatable bonds is 1. The lowest BCUT2D eigenvalue weighted by molar-refractivity contribution is -0.188. The van der Waals surface area contributed by atoms with Gasteiger partial charge in [-0.25, -0.2) is 4.79 Å². The van der Waals surface area contributed by atoms with E-state index in [4.69, 9.17) is 10.2 Å². The Balaban J connectivity index is 2.68. The van der Waals surface area contributed by atoms with Gasteiger partial charge in [-0.3, -0.25) is 0 Å². The number of aliphatic hydroxyl groups excluding tert-OH is 1. The van der Waals surface area contributed by atoms with Crippen molar-refractivity contribution in [3.8, 4) is 0 Å². The van der Waals surface area contributed by atoms with Crippen LogP contribution in [0.2, 0.25) is 0 Å². The van der Waals surface area contributed by atoms with Gasteiger partial charge in [0.15, 0.2) is 0 Å². The summed E-state index contributed by atoms with van der Waals surface area (Å²) >= 11 is 0. The molecule has 0 aromatic rings. The highest BCUT2D eigenvalue weighted by Gasteiger charge is 2.31. The van der Waals surface area contributed by atoms with Crippen molar-refractivity contribution in [1.29, 1.82) is 0 Å². The fraction of sp³-hybridized carbons (Fsp3) is 0.400. The average molecular weight is 130 g/mol. The zero-order valence-electron chi connectivity index (χ0n) is 4.57. The first-order chi connectivity index (χ1) is 4.16. The molecule has 0 aromatic heterocycles. The maximum atomic E-state index is 10.2. The standard InChI is InChI=1S/C5H6O4/c6-3-5(8)2-1-4(7)9-5/h1-2,6,8H,3H2. The topological polar surface area (TPSA) is 66.8 Å². The Hall–Kier alpha value is -0.870. The van der Waals surface area contributed by atoms with E-state index >= 15 is 0 Å². The molecule has 1 heterocycles. The number of esters is 1. The molecule has 4 nitrogen and oxygen atoms in total. The second-order valence-electron chi connectivity index (χ2n) is 1.76. The van der Waals surface area contributed by atoms with Crippen molar-refractivity contribution in [2.45, 2.75) is 5.79 Å². The lowest BCUT2D eigenvalue weighted by atomic mass is 10.3. The van der Waals surface area contributed by atoms with Crippen molar-refractivity contribution in [2.75, 3.05) is 6.61 Å². The van der Waals surface area contributed by atoms with Crippen LogP contribution in [0.4, 0.5) is 0 Å². The molecule has 0 saturated carbocycles. The minimum Gasteiger partial charge on any atom is -0.424 e. The first-order valence-electron chi connectivity index (χ1n) is 2.42. The van der Waals surface area contributed by atoms with Gasteiger partial charge < -0.3 is 14.9 Å². The van der Waals surface area contributed by atoms with Gasteiger partial charge in [0, 0.05) is 6.08 Å². The highest BCUT2D eigenvalue weighted by Crippen LogP contribution is 2.14. The third-order valence-electron chi connectivity index (χ3n) is 0.984. The number of carbonyl (C=O) groups is 1. The number of hydrogen-bond acceptors (Lipinski definition) is 4. The Morgan fingerprint density at radius 3 is 2.67 bits per heavy atom. The van der Waals surface area contributed by atoms with Crippen molar-refractivity contribution in [3.05, 3.63) is 12.2 Å². The number of carbonyl (C=O) groups excluding carboxylic acids is 1. The Bertz CT molecular complexity index is 162. The van der Waals surface area contributed by atoms with Crippen molar-refractivity contribution in [1.82, 2.24) is 0 Å². The van der Waals surface area contributed by atoms with E-state index in [-0.39, 0.29) is 0 Å². The summed E-state index contributed by atoms with van der Waals surface area (Å²) in [6.07, 6.45) is 2.17. The fourth-order valence-corrected chi connectivity index (χ4v) is 0.525. The largest absolute Gasteiger partial charge is 0.424 e. The Morgan fingerprint density at radius 1 is 1.78 bits per heavy atom. The smallest absolute Gasteiger partial charge is 0.333 e. The van der Waals surface area contributed by atoms with Crippen LogP contribution in [-0.2, 0) is 9.53 Å². The predicted molar refractivity (Wildman–Crippen MR) is 27.3 cm³/mol.